The molecule has 0 radical (unpaired) electrons. The number of fused-ring (bicyclic) bond motifs is 6. The Morgan fingerprint density at radius 1 is 0.540 bits per heavy atom. The maximum absolute atomic E-state index is 10.4. The van der Waals surface area contributed by atoms with E-state index in [2.05, 4.69) is 124 Å². The lowest BCUT2D eigenvalue weighted by Crippen LogP contribution is -2.08. The fourth-order valence-electron chi connectivity index (χ4n) is 7.70. The van der Waals surface area contributed by atoms with Crippen LogP contribution in [0.3, 0.4) is 0 Å². The van der Waals surface area contributed by atoms with Crippen molar-refractivity contribution in [3.05, 3.63) is 173 Å². The van der Waals surface area contributed by atoms with E-state index in [0.29, 0.717) is 16.7 Å². The molecule has 0 aliphatic heterocycles. The summed E-state index contributed by atoms with van der Waals surface area (Å²) in [6.45, 7) is 0. The Morgan fingerprint density at radius 2 is 1.20 bits per heavy atom. The van der Waals surface area contributed by atoms with E-state index in [9.17, 15) is 15.8 Å². The van der Waals surface area contributed by atoms with Gasteiger partial charge in [0.15, 0.2) is 0 Å². The van der Waals surface area contributed by atoms with Gasteiger partial charge in [0.2, 0.25) is 0 Å². The van der Waals surface area contributed by atoms with Crippen molar-refractivity contribution in [2.24, 2.45) is 0 Å². The van der Waals surface area contributed by atoms with Crippen LogP contribution in [0.5, 0.6) is 0 Å². The second kappa shape index (κ2) is 11.5. The van der Waals surface area contributed by atoms with Crippen molar-refractivity contribution in [2.45, 2.75) is 12.3 Å². The first-order valence-electron chi connectivity index (χ1n) is 16.6. The van der Waals surface area contributed by atoms with Crippen molar-refractivity contribution in [3.8, 4) is 29.6 Å². The van der Waals surface area contributed by atoms with Crippen molar-refractivity contribution in [3.63, 3.8) is 0 Å². The molecule has 0 saturated carbocycles. The molecule has 2 aromatic heterocycles. The Morgan fingerprint density at radius 3 is 1.92 bits per heavy atom. The third-order valence-corrected chi connectivity index (χ3v) is 9.94. The fraction of sp³-hybridized carbons (Fsp3) is 0.0444. The van der Waals surface area contributed by atoms with E-state index in [1.54, 1.807) is 0 Å². The molecular formula is C45H27N5. The predicted octanol–water partition coefficient (Wildman–Crippen LogP) is 10.6. The zero-order valence-corrected chi connectivity index (χ0v) is 26.9. The zero-order chi connectivity index (χ0) is 33.8. The van der Waals surface area contributed by atoms with E-state index in [-0.39, 0.29) is 5.92 Å². The topological polar surface area (TPSA) is 81.2 Å². The minimum Gasteiger partial charge on any atom is -0.309 e. The Hall–Kier alpha value is -7.13. The molecule has 0 amide bonds. The molecule has 5 nitrogen and oxygen atoms in total. The van der Waals surface area contributed by atoms with E-state index >= 15 is 0 Å². The minimum absolute atomic E-state index is 0.0639. The third-order valence-electron chi connectivity index (χ3n) is 9.94. The first kappa shape index (κ1) is 29.0. The lowest BCUT2D eigenvalue weighted by molar-refractivity contribution is 0.845. The molecule has 8 aromatic rings. The van der Waals surface area contributed by atoms with Gasteiger partial charge in [-0.1, -0.05) is 85.0 Å². The summed E-state index contributed by atoms with van der Waals surface area (Å²) in [4.78, 5) is 0. The van der Waals surface area contributed by atoms with Gasteiger partial charge in [0.05, 0.1) is 56.6 Å². The number of benzene rings is 6. The van der Waals surface area contributed by atoms with Gasteiger partial charge in [0, 0.05) is 33.2 Å². The molecule has 9 rings (SSSR count). The van der Waals surface area contributed by atoms with Crippen LogP contribution in [0.15, 0.2) is 146 Å². The second-order valence-corrected chi connectivity index (χ2v) is 12.7. The molecule has 50 heavy (non-hydrogen) atoms. The van der Waals surface area contributed by atoms with Crippen LogP contribution < -0.4 is 0 Å². The molecule has 232 valence electrons. The monoisotopic (exact) mass is 637 g/mol. The number of hydrogen-bond donors (Lipinski definition) is 0. The Labute approximate surface area is 288 Å². The van der Waals surface area contributed by atoms with Crippen molar-refractivity contribution in [1.29, 1.82) is 15.8 Å². The summed E-state index contributed by atoms with van der Waals surface area (Å²) in [5.41, 5.74) is 11.1. The SMILES string of the molecule is N#Cc1ccc2c(c1)c1ccc(C#N)cc1n2-c1ccc(C2=CC(c3cccc(C#N)c3-n3c4ccccc4c4ccccc43)CC=C2)cc1. The number of allylic oxidation sites excluding steroid dienone is 4. The fourth-order valence-corrected chi connectivity index (χ4v) is 7.70. The van der Waals surface area contributed by atoms with Gasteiger partial charge < -0.3 is 9.13 Å². The van der Waals surface area contributed by atoms with E-state index < -0.39 is 0 Å². The molecule has 1 atom stereocenters. The molecule has 0 spiro atoms. The molecule has 0 N–H and O–H groups in total. The highest BCUT2D eigenvalue weighted by molar-refractivity contribution is 6.10. The maximum Gasteiger partial charge on any atom is 0.101 e. The largest absolute Gasteiger partial charge is 0.309 e. The molecule has 5 heteroatoms. The number of nitrogens with zero attached hydrogens (tertiary/aromatic N) is 5. The van der Waals surface area contributed by atoms with Gasteiger partial charge in [-0.25, -0.2) is 0 Å². The average molecular weight is 638 g/mol. The Kier molecular flexibility index (Phi) is 6.70. The molecule has 0 saturated heterocycles. The predicted molar refractivity (Wildman–Crippen MR) is 200 cm³/mol. The highest BCUT2D eigenvalue weighted by atomic mass is 15.0. The maximum atomic E-state index is 10.4. The van der Waals surface area contributed by atoms with Gasteiger partial charge in [-0.05, 0) is 83.8 Å². The van der Waals surface area contributed by atoms with E-state index in [1.165, 1.54) is 10.8 Å². The standard InChI is InChI=1S/C45H27N5/c46-26-29-16-22-43-40(23-29)39-21-15-30(27-47)24-44(39)49(43)35-19-17-31(18-20-35)32-7-5-8-33(25-32)36-12-6-9-34(28-48)45(36)50-41-13-3-1-10-37(41)38-11-2-4-14-42(38)50/h1-7,9-25,33H,8H2. The second-order valence-electron chi connectivity index (χ2n) is 12.7. The van der Waals surface area contributed by atoms with Crippen molar-refractivity contribution in [2.75, 3.05) is 0 Å². The van der Waals surface area contributed by atoms with Crippen molar-refractivity contribution in [1.82, 2.24) is 9.13 Å². The van der Waals surface area contributed by atoms with Gasteiger partial charge >= 0.3 is 0 Å². The van der Waals surface area contributed by atoms with Crippen LogP contribution in [0.2, 0.25) is 0 Å². The summed E-state index contributed by atoms with van der Waals surface area (Å²) in [6.07, 6.45) is 7.56. The van der Waals surface area contributed by atoms with Crippen LogP contribution in [0.4, 0.5) is 0 Å². The summed E-state index contributed by atoms with van der Waals surface area (Å²) >= 11 is 0. The summed E-state index contributed by atoms with van der Waals surface area (Å²) in [5, 5.41) is 33.9. The van der Waals surface area contributed by atoms with Crippen LogP contribution in [0.1, 0.15) is 40.2 Å². The Bertz CT molecular complexity index is 2820. The normalized spacial score (nSPS) is 14.1. The molecule has 1 unspecified atom stereocenters. The number of para-hydroxylation sites is 3. The average Bonchev–Trinajstić information content (AvgIpc) is 3.69. The molecule has 0 fully saturated rings. The van der Waals surface area contributed by atoms with Gasteiger partial charge in [-0.2, -0.15) is 15.8 Å². The van der Waals surface area contributed by atoms with Crippen LogP contribution >= 0.6 is 0 Å². The molecule has 1 aliphatic rings. The van der Waals surface area contributed by atoms with Gasteiger partial charge in [0.1, 0.15) is 6.07 Å². The van der Waals surface area contributed by atoms with Gasteiger partial charge in [-0.3, -0.25) is 0 Å². The lowest BCUT2D eigenvalue weighted by atomic mass is 9.85. The molecule has 1 aliphatic carbocycles. The first-order chi connectivity index (χ1) is 24.7. The smallest absolute Gasteiger partial charge is 0.101 e. The molecule has 6 aromatic carbocycles. The van der Waals surface area contributed by atoms with Crippen LogP contribution in [0.25, 0.3) is 60.6 Å². The number of nitriles is 3. The van der Waals surface area contributed by atoms with Crippen LogP contribution in [0, 0.1) is 34.0 Å². The molecule has 2 heterocycles. The van der Waals surface area contributed by atoms with Crippen molar-refractivity contribution < 1.29 is 0 Å². The van der Waals surface area contributed by atoms with Crippen LogP contribution in [-0.2, 0) is 0 Å². The quantitative estimate of drug-likeness (QED) is 0.193. The van der Waals surface area contributed by atoms with Gasteiger partial charge in [0.25, 0.3) is 0 Å². The van der Waals surface area contributed by atoms with Gasteiger partial charge in [-0.15, -0.1) is 0 Å². The highest BCUT2D eigenvalue weighted by Crippen LogP contribution is 2.40. The summed E-state index contributed by atoms with van der Waals surface area (Å²) < 4.78 is 4.43. The summed E-state index contributed by atoms with van der Waals surface area (Å²) in [7, 11) is 0. The number of hydrogen-bond acceptors (Lipinski definition) is 3. The number of aromatic nitrogens is 2. The van der Waals surface area contributed by atoms with E-state index in [1.807, 2.05) is 48.5 Å². The molecule has 0 bridgehead atoms. The minimum atomic E-state index is 0.0639. The van der Waals surface area contributed by atoms with Crippen LogP contribution in [-0.4, -0.2) is 9.13 Å². The summed E-state index contributed by atoms with van der Waals surface area (Å²) in [5.74, 6) is 0.0639. The van der Waals surface area contributed by atoms with E-state index in [0.717, 1.165) is 67.3 Å². The van der Waals surface area contributed by atoms with E-state index in [4.69, 9.17) is 0 Å². The Balaban J connectivity index is 1.15. The van der Waals surface area contributed by atoms with Crippen molar-refractivity contribution >= 4 is 49.2 Å². The lowest BCUT2D eigenvalue weighted by Gasteiger charge is -2.23. The number of rotatable bonds is 4. The molecular weight excluding hydrogens is 611 g/mol. The summed E-state index contributed by atoms with van der Waals surface area (Å²) in [6, 6.07) is 49.9. The highest BCUT2D eigenvalue weighted by Gasteiger charge is 2.23. The zero-order valence-electron chi connectivity index (χ0n) is 26.9. The first-order valence-corrected chi connectivity index (χ1v) is 16.6. The third kappa shape index (κ3) is 4.45.